The van der Waals surface area contributed by atoms with E-state index in [1.807, 2.05) is 0 Å². The molecule has 8 heteroatoms. The average molecular weight is 454 g/mol. The largest absolute Gasteiger partial charge is 0.454 e. The summed E-state index contributed by atoms with van der Waals surface area (Å²) in [7, 11) is 0. The van der Waals surface area contributed by atoms with E-state index in [0.29, 0.717) is 43.6 Å². The highest BCUT2D eigenvalue weighted by Crippen LogP contribution is 2.38. The molecule has 5 rings (SSSR count). The van der Waals surface area contributed by atoms with Gasteiger partial charge in [0.05, 0.1) is 10.9 Å². The Hall–Kier alpha value is -3.48. The predicted molar refractivity (Wildman–Crippen MR) is 118 cm³/mol. The molecule has 0 saturated carbocycles. The third kappa shape index (κ3) is 3.60. The Morgan fingerprint density at radius 3 is 2.42 bits per heavy atom. The number of halogens is 2. The smallest absolute Gasteiger partial charge is 0.257 e. The first-order valence-electron chi connectivity index (χ1n) is 9.23. The number of carbonyl (C=O) groups is 1. The average Bonchev–Trinajstić information content (AvgIpc) is 3.23. The standard InChI is InChI=1S/C23H13Cl2NO5/c24-14-4-1-12(2-5-14)22(28)26-23-20(13-3-7-18-19(9-13)30-11-29-18)21(27)16-10-15(25)6-8-17(16)31-23/h1-10H,11H2,(H,26,28). The number of hydrogen-bond donors (Lipinski definition) is 1. The summed E-state index contributed by atoms with van der Waals surface area (Å²) in [5.41, 5.74) is 1.00. The fraction of sp³-hybridized carbons (Fsp3) is 0.0435. The molecular weight excluding hydrogens is 441 g/mol. The molecule has 1 aromatic heterocycles. The van der Waals surface area contributed by atoms with Crippen LogP contribution in [0.3, 0.4) is 0 Å². The topological polar surface area (TPSA) is 77.8 Å². The zero-order valence-corrected chi connectivity index (χ0v) is 17.3. The van der Waals surface area contributed by atoms with Crippen LogP contribution in [-0.2, 0) is 0 Å². The molecule has 31 heavy (non-hydrogen) atoms. The van der Waals surface area contributed by atoms with Gasteiger partial charge in [0.25, 0.3) is 5.91 Å². The van der Waals surface area contributed by atoms with Crippen LogP contribution in [0.15, 0.2) is 69.9 Å². The number of benzene rings is 3. The summed E-state index contributed by atoms with van der Waals surface area (Å²) < 4.78 is 16.7. The lowest BCUT2D eigenvalue weighted by atomic mass is 10.0. The monoisotopic (exact) mass is 453 g/mol. The summed E-state index contributed by atoms with van der Waals surface area (Å²) >= 11 is 12.0. The van der Waals surface area contributed by atoms with E-state index >= 15 is 0 Å². The third-order valence-electron chi connectivity index (χ3n) is 4.85. The van der Waals surface area contributed by atoms with Crippen molar-refractivity contribution in [1.29, 1.82) is 0 Å². The first-order chi connectivity index (χ1) is 15.0. The second-order valence-corrected chi connectivity index (χ2v) is 7.68. The molecule has 0 saturated heterocycles. The number of nitrogens with one attached hydrogen (secondary N) is 1. The molecule has 0 bridgehead atoms. The van der Waals surface area contributed by atoms with Gasteiger partial charge in [-0.3, -0.25) is 14.9 Å². The van der Waals surface area contributed by atoms with Crippen molar-refractivity contribution in [2.45, 2.75) is 0 Å². The number of anilines is 1. The Kier molecular flexibility index (Phi) is 4.81. The Labute approximate surface area is 185 Å². The van der Waals surface area contributed by atoms with Gasteiger partial charge in [0.15, 0.2) is 11.5 Å². The van der Waals surface area contributed by atoms with E-state index < -0.39 is 5.91 Å². The van der Waals surface area contributed by atoms with E-state index in [0.717, 1.165) is 0 Å². The predicted octanol–water partition coefficient (Wildman–Crippen LogP) is 5.75. The molecule has 6 nitrogen and oxygen atoms in total. The third-order valence-corrected chi connectivity index (χ3v) is 5.33. The summed E-state index contributed by atoms with van der Waals surface area (Å²) in [5, 5.41) is 3.91. The van der Waals surface area contributed by atoms with Crippen molar-refractivity contribution in [3.63, 3.8) is 0 Å². The molecule has 0 spiro atoms. The van der Waals surface area contributed by atoms with Crippen molar-refractivity contribution >= 4 is 46.0 Å². The van der Waals surface area contributed by atoms with Crippen molar-refractivity contribution in [2.24, 2.45) is 0 Å². The van der Waals surface area contributed by atoms with Crippen LogP contribution in [0.25, 0.3) is 22.1 Å². The van der Waals surface area contributed by atoms with Crippen molar-refractivity contribution in [3.05, 3.63) is 86.5 Å². The van der Waals surface area contributed by atoms with Gasteiger partial charge in [0.2, 0.25) is 18.1 Å². The highest BCUT2D eigenvalue weighted by Gasteiger charge is 2.22. The second kappa shape index (κ2) is 7.65. The van der Waals surface area contributed by atoms with Crippen molar-refractivity contribution in [1.82, 2.24) is 0 Å². The molecule has 154 valence electrons. The van der Waals surface area contributed by atoms with Gasteiger partial charge < -0.3 is 13.9 Å². The Morgan fingerprint density at radius 2 is 1.61 bits per heavy atom. The normalized spacial score (nSPS) is 12.2. The fourth-order valence-corrected chi connectivity index (χ4v) is 3.64. The molecule has 0 atom stereocenters. The van der Waals surface area contributed by atoms with Crippen LogP contribution >= 0.6 is 23.2 Å². The Morgan fingerprint density at radius 1 is 0.871 bits per heavy atom. The van der Waals surface area contributed by atoms with Gasteiger partial charge in [-0.25, -0.2) is 0 Å². The van der Waals surface area contributed by atoms with Crippen LogP contribution in [0.5, 0.6) is 11.5 Å². The lowest BCUT2D eigenvalue weighted by Gasteiger charge is -2.12. The first kappa shape index (κ1) is 19.5. The maximum Gasteiger partial charge on any atom is 0.257 e. The van der Waals surface area contributed by atoms with Crippen molar-refractivity contribution in [3.8, 4) is 22.6 Å². The van der Waals surface area contributed by atoms with Gasteiger partial charge in [-0.2, -0.15) is 0 Å². The minimum absolute atomic E-state index is 0.0126. The molecule has 1 aliphatic rings. The number of carbonyl (C=O) groups excluding carboxylic acids is 1. The quantitative estimate of drug-likeness (QED) is 0.427. The van der Waals surface area contributed by atoms with E-state index in [9.17, 15) is 9.59 Å². The Bertz CT molecular complexity index is 1400. The van der Waals surface area contributed by atoms with E-state index in [1.165, 1.54) is 6.07 Å². The first-order valence-corrected chi connectivity index (χ1v) is 9.98. The lowest BCUT2D eigenvalue weighted by molar-refractivity contribution is 0.102. The highest BCUT2D eigenvalue weighted by atomic mass is 35.5. The van der Waals surface area contributed by atoms with Crippen LogP contribution in [-0.4, -0.2) is 12.7 Å². The minimum Gasteiger partial charge on any atom is -0.454 e. The number of rotatable bonds is 3. The van der Waals surface area contributed by atoms with E-state index in [2.05, 4.69) is 5.32 Å². The fourth-order valence-electron chi connectivity index (χ4n) is 3.35. The molecule has 0 unspecified atom stereocenters. The summed E-state index contributed by atoms with van der Waals surface area (Å²) in [5.74, 6) is 0.635. The number of fused-ring (bicyclic) bond motifs is 2. The summed E-state index contributed by atoms with van der Waals surface area (Å²) in [6.07, 6.45) is 0. The van der Waals surface area contributed by atoms with Gasteiger partial charge >= 0.3 is 0 Å². The molecule has 0 fully saturated rings. The van der Waals surface area contributed by atoms with Crippen molar-refractivity contribution < 1.29 is 18.7 Å². The SMILES string of the molecule is O=C(Nc1oc2ccc(Cl)cc2c(=O)c1-c1ccc2c(c1)OCO2)c1ccc(Cl)cc1. The number of ether oxygens (including phenoxy) is 2. The maximum atomic E-state index is 13.4. The van der Waals surface area contributed by atoms with Crippen LogP contribution in [0.2, 0.25) is 10.0 Å². The molecule has 1 amide bonds. The molecule has 1 aliphatic heterocycles. The maximum absolute atomic E-state index is 13.4. The minimum atomic E-state index is -0.449. The van der Waals surface area contributed by atoms with E-state index in [4.69, 9.17) is 37.1 Å². The summed E-state index contributed by atoms with van der Waals surface area (Å²) in [6.45, 7) is 0.0981. The Balaban J connectivity index is 1.68. The van der Waals surface area contributed by atoms with Crippen LogP contribution in [0, 0.1) is 0 Å². The van der Waals surface area contributed by atoms with Crippen LogP contribution in [0.4, 0.5) is 5.88 Å². The van der Waals surface area contributed by atoms with Crippen LogP contribution < -0.4 is 20.2 Å². The number of hydrogen-bond acceptors (Lipinski definition) is 5. The molecule has 4 aromatic rings. The summed E-state index contributed by atoms with van der Waals surface area (Å²) in [4.78, 5) is 26.2. The molecule has 0 radical (unpaired) electrons. The zero-order chi connectivity index (χ0) is 21.5. The van der Waals surface area contributed by atoms with Gasteiger partial charge in [-0.15, -0.1) is 0 Å². The lowest BCUT2D eigenvalue weighted by Crippen LogP contribution is -2.16. The summed E-state index contributed by atoms with van der Waals surface area (Å²) in [6, 6.07) is 16.2. The molecule has 1 N–H and O–H groups in total. The molecule has 0 aliphatic carbocycles. The highest BCUT2D eigenvalue weighted by molar-refractivity contribution is 6.31. The van der Waals surface area contributed by atoms with Gasteiger partial charge in [-0.1, -0.05) is 29.3 Å². The van der Waals surface area contributed by atoms with Gasteiger partial charge in [-0.05, 0) is 60.2 Å². The molecule has 2 heterocycles. The van der Waals surface area contributed by atoms with E-state index in [-0.39, 0.29) is 23.7 Å². The second-order valence-electron chi connectivity index (χ2n) is 6.80. The van der Waals surface area contributed by atoms with Crippen LogP contribution in [0.1, 0.15) is 10.4 Å². The number of amides is 1. The van der Waals surface area contributed by atoms with Gasteiger partial charge in [0, 0.05) is 15.6 Å². The molecule has 3 aromatic carbocycles. The van der Waals surface area contributed by atoms with Gasteiger partial charge in [0.1, 0.15) is 5.58 Å². The molecular formula is C23H13Cl2NO5. The van der Waals surface area contributed by atoms with E-state index in [1.54, 1.807) is 54.6 Å². The van der Waals surface area contributed by atoms with Crippen molar-refractivity contribution in [2.75, 3.05) is 12.1 Å². The zero-order valence-electron chi connectivity index (χ0n) is 15.8.